The van der Waals surface area contributed by atoms with Gasteiger partial charge in [-0.2, -0.15) is 0 Å². The molecular formula is C17H26BrNS. The van der Waals surface area contributed by atoms with E-state index >= 15 is 0 Å². The Bertz CT molecular complexity index is 402. The molecule has 1 N–H and O–H groups in total. The van der Waals surface area contributed by atoms with Crippen molar-refractivity contribution in [3.8, 4) is 0 Å². The van der Waals surface area contributed by atoms with Crippen molar-refractivity contribution in [2.24, 2.45) is 11.8 Å². The number of hydrogen-bond donors (Lipinski definition) is 1. The molecular weight excluding hydrogens is 330 g/mol. The molecule has 1 aromatic carbocycles. The first-order chi connectivity index (χ1) is 9.72. The first-order valence-corrected chi connectivity index (χ1v) is 9.56. The van der Waals surface area contributed by atoms with Crippen molar-refractivity contribution in [2.45, 2.75) is 50.0 Å². The molecule has 0 spiro atoms. The van der Waals surface area contributed by atoms with Crippen LogP contribution in [0.15, 0.2) is 33.6 Å². The summed E-state index contributed by atoms with van der Waals surface area (Å²) in [6, 6.07) is 9.28. The van der Waals surface area contributed by atoms with Gasteiger partial charge in [0.15, 0.2) is 0 Å². The van der Waals surface area contributed by atoms with Crippen molar-refractivity contribution < 1.29 is 0 Å². The number of halogens is 1. The van der Waals surface area contributed by atoms with Gasteiger partial charge in [0, 0.05) is 21.2 Å². The van der Waals surface area contributed by atoms with Crippen LogP contribution >= 0.6 is 27.7 Å². The summed E-state index contributed by atoms with van der Waals surface area (Å²) < 4.78 is 1.17. The van der Waals surface area contributed by atoms with Crippen LogP contribution in [0.1, 0.15) is 39.0 Å². The van der Waals surface area contributed by atoms with E-state index in [0.29, 0.717) is 6.04 Å². The van der Waals surface area contributed by atoms with Crippen LogP contribution in [-0.4, -0.2) is 18.8 Å². The Morgan fingerprint density at radius 2 is 2.05 bits per heavy atom. The normalized spacial score (nSPS) is 24.6. The lowest BCUT2D eigenvalue weighted by Crippen LogP contribution is -2.37. The molecule has 1 aromatic rings. The highest BCUT2D eigenvalue weighted by atomic mass is 79.9. The Kier molecular flexibility index (Phi) is 6.92. The van der Waals surface area contributed by atoms with E-state index in [0.717, 1.165) is 11.8 Å². The maximum Gasteiger partial charge on any atom is 0.0186 e. The van der Waals surface area contributed by atoms with Gasteiger partial charge in [0.2, 0.25) is 0 Å². The molecule has 1 nitrogen and oxygen atoms in total. The van der Waals surface area contributed by atoms with Crippen molar-refractivity contribution in [2.75, 3.05) is 12.8 Å². The third kappa shape index (κ3) is 4.78. The van der Waals surface area contributed by atoms with Crippen LogP contribution in [-0.2, 0) is 0 Å². The molecule has 0 saturated heterocycles. The predicted molar refractivity (Wildman–Crippen MR) is 93.5 cm³/mol. The highest BCUT2D eigenvalue weighted by molar-refractivity contribution is 9.10. The zero-order chi connectivity index (χ0) is 14.4. The molecule has 1 fully saturated rings. The summed E-state index contributed by atoms with van der Waals surface area (Å²) in [4.78, 5) is 1.36. The van der Waals surface area contributed by atoms with E-state index in [1.165, 1.54) is 47.2 Å². The summed E-state index contributed by atoms with van der Waals surface area (Å²) in [7, 11) is 2.12. The first-order valence-electron chi connectivity index (χ1n) is 7.78. The van der Waals surface area contributed by atoms with E-state index < -0.39 is 0 Å². The molecule has 0 aliphatic heterocycles. The number of nitrogens with one attached hydrogen (secondary N) is 1. The fourth-order valence-electron chi connectivity index (χ4n) is 3.20. The molecule has 1 aliphatic rings. The fourth-order valence-corrected chi connectivity index (χ4v) is 4.94. The molecule has 2 rings (SSSR count). The number of thioether (sulfide) groups is 1. The molecule has 0 aromatic heterocycles. The molecule has 112 valence electrons. The Hall–Kier alpha value is 0.01000. The molecule has 0 heterocycles. The van der Waals surface area contributed by atoms with E-state index in [-0.39, 0.29) is 0 Å². The fraction of sp³-hybridized carbons (Fsp3) is 0.647. The highest BCUT2D eigenvalue weighted by Gasteiger charge is 2.26. The van der Waals surface area contributed by atoms with E-state index in [1.807, 2.05) is 11.8 Å². The van der Waals surface area contributed by atoms with E-state index in [9.17, 15) is 0 Å². The predicted octanol–water partition coefficient (Wildman–Crippen LogP) is 5.35. The van der Waals surface area contributed by atoms with Crippen LogP contribution in [0.25, 0.3) is 0 Å². The second kappa shape index (κ2) is 8.45. The van der Waals surface area contributed by atoms with Gasteiger partial charge in [-0.15, -0.1) is 11.8 Å². The third-order valence-corrected chi connectivity index (χ3v) is 6.24. The maximum atomic E-state index is 3.56. The van der Waals surface area contributed by atoms with Gasteiger partial charge in [0.25, 0.3) is 0 Å². The van der Waals surface area contributed by atoms with Gasteiger partial charge in [0.1, 0.15) is 0 Å². The number of benzene rings is 1. The summed E-state index contributed by atoms with van der Waals surface area (Å²) in [5.74, 6) is 3.03. The average Bonchev–Trinajstić information content (AvgIpc) is 2.48. The third-order valence-electron chi connectivity index (χ3n) is 4.63. The van der Waals surface area contributed by atoms with Gasteiger partial charge in [-0.3, -0.25) is 0 Å². The summed E-state index contributed by atoms with van der Waals surface area (Å²) in [5.41, 5.74) is 0. The van der Waals surface area contributed by atoms with Crippen LogP contribution in [0.4, 0.5) is 0 Å². The minimum Gasteiger partial charge on any atom is -0.316 e. The van der Waals surface area contributed by atoms with Gasteiger partial charge in [-0.05, 0) is 49.9 Å². The molecule has 1 unspecified atom stereocenters. The van der Waals surface area contributed by atoms with Gasteiger partial charge in [-0.1, -0.05) is 48.2 Å². The number of hydrogen-bond acceptors (Lipinski definition) is 2. The standard InChI is InChI=1S/C17H26BrNS/c1-3-13-7-9-14(10-8-13)17(19-2)12-20-16-6-4-5-15(18)11-16/h4-6,11,13-14,17,19H,3,7-10,12H2,1-2H3. The zero-order valence-electron chi connectivity index (χ0n) is 12.6. The smallest absolute Gasteiger partial charge is 0.0186 e. The molecule has 0 radical (unpaired) electrons. The Balaban J connectivity index is 1.83. The van der Waals surface area contributed by atoms with Gasteiger partial charge >= 0.3 is 0 Å². The average molecular weight is 356 g/mol. The quantitative estimate of drug-likeness (QED) is 0.690. The van der Waals surface area contributed by atoms with Crippen molar-refractivity contribution >= 4 is 27.7 Å². The SMILES string of the molecule is CCC1CCC(C(CSc2cccc(Br)c2)NC)CC1. The van der Waals surface area contributed by atoms with Gasteiger partial charge in [-0.25, -0.2) is 0 Å². The van der Waals surface area contributed by atoms with E-state index in [4.69, 9.17) is 0 Å². The summed E-state index contributed by atoms with van der Waals surface area (Å²) in [6.45, 7) is 2.34. The monoisotopic (exact) mass is 355 g/mol. The zero-order valence-corrected chi connectivity index (χ0v) is 15.0. The minimum atomic E-state index is 0.650. The Morgan fingerprint density at radius 1 is 1.30 bits per heavy atom. The van der Waals surface area contributed by atoms with Crippen molar-refractivity contribution in [3.63, 3.8) is 0 Å². The molecule has 0 amide bonds. The minimum absolute atomic E-state index is 0.650. The topological polar surface area (TPSA) is 12.0 Å². The van der Waals surface area contributed by atoms with Crippen LogP contribution < -0.4 is 5.32 Å². The first kappa shape index (κ1) is 16.4. The lowest BCUT2D eigenvalue weighted by Gasteiger charge is -2.33. The second-order valence-corrected chi connectivity index (χ2v) is 7.86. The largest absolute Gasteiger partial charge is 0.316 e. The summed E-state index contributed by atoms with van der Waals surface area (Å²) in [6.07, 6.45) is 7.04. The number of rotatable bonds is 6. The van der Waals surface area contributed by atoms with Crippen LogP contribution in [0, 0.1) is 11.8 Å². The lowest BCUT2D eigenvalue weighted by atomic mass is 9.78. The molecule has 1 aliphatic carbocycles. The molecule has 1 atom stereocenters. The van der Waals surface area contributed by atoms with Gasteiger partial charge < -0.3 is 5.32 Å². The highest BCUT2D eigenvalue weighted by Crippen LogP contribution is 2.34. The summed E-state index contributed by atoms with van der Waals surface area (Å²) in [5, 5.41) is 3.56. The summed E-state index contributed by atoms with van der Waals surface area (Å²) >= 11 is 5.52. The molecule has 0 bridgehead atoms. The maximum absolute atomic E-state index is 3.56. The molecule has 1 saturated carbocycles. The van der Waals surface area contributed by atoms with Crippen LogP contribution in [0.3, 0.4) is 0 Å². The Labute approximate surface area is 136 Å². The van der Waals surface area contributed by atoms with Crippen molar-refractivity contribution in [1.29, 1.82) is 0 Å². The van der Waals surface area contributed by atoms with E-state index in [1.54, 1.807) is 0 Å². The molecule has 20 heavy (non-hydrogen) atoms. The second-order valence-electron chi connectivity index (χ2n) is 5.85. The van der Waals surface area contributed by atoms with Crippen molar-refractivity contribution in [3.05, 3.63) is 28.7 Å². The Morgan fingerprint density at radius 3 is 2.65 bits per heavy atom. The van der Waals surface area contributed by atoms with Crippen LogP contribution in [0.5, 0.6) is 0 Å². The van der Waals surface area contributed by atoms with E-state index in [2.05, 4.69) is 59.5 Å². The lowest BCUT2D eigenvalue weighted by molar-refractivity contribution is 0.233. The van der Waals surface area contributed by atoms with Crippen LogP contribution in [0.2, 0.25) is 0 Å². The molecule has 3 heteroatoms. The van der Waals surface area contributed by atoms with Crippen molar-refractivity contribution in [1.82, 2.24) is 5.32 Å². The van der Waals surface area contributed by atoms with Gasteiger partial charge in [0.05, 0.1) is 0 Å².